The summed E-state index contributed by atoms with van der Waals surface area (Å²) < 4.78 is 92.3. The maximum atomic E-state index is 13.9. The van der Waals surface area contributed by atoms with Crippen molar-refractivity contribution < 1.29 is 35.2 Å². The first-order chi connectivity index (χ1) is 14.9. The lowest BCUT2D eigenvalue weighted by molar-refractivity contribution is -0.137. The number of piperidine rings is 1. The first-order valence-corrected chi connectivity index (χ1v) is 11.3. The molecule has 1 saturated heterocycles. The molecule has 1 fully saturated rings. The van der Waals surface area contributed by atoms with Gasteiger partial charge in [-0.2, -0.15) is 17.5 Å². The van der Waals surface area contributed by atoms with Crippen LogP contribution in [0, 0.1) is 17.6 Å². The molecule has 1 aliphatic rings. The highest BCUT2D eigenvalue weighted by Crippen LogP contribution is 2.31. The van der Waals surface area contributed by atoms with Crippen LogP contribution in [0.1, 0.15) is 36.9 Å². The average Bonchev–Trinajstić information content (AvgIpc) is 2.75. The quantitative estimate of drug-likeness (QED) is 0.656. The molecule has 0 aromatic heterocycles. The summed E-state index contributed by atoms with van der Waals surface area (Å²) in [6.07, 6.45) is -4.23. The second-order valence-electron chi connectivity index (χ2n) is 7.61. The van der Waals surface area contributed by atoms with Crippen LogP contribution in [-0.2, 0) is 21.0 Å². The monoisotopic (exact) mass is 476 g/mol. The zero-order valence-electron chi connectivity index (χ0n) is 17.0. The van der Waals surface area contributed by atoms with Gasteiger partial charge in [-0.3, -0.25) is 4.79 Å². The van der Waals surface area contributed by atoms with E-state index in [1.54, 1.807) is 6.92 Å². The fraction of sp³-hybridized carbons (Fsp3) is 0.381. The fourth-order valence-electron chi connectivity index (χ4n) is 3.57. The Kier molecular flexibility index (Phi) is 6.89. The van der Waals surface area contributed by atoms with Gasteiger partial charge >= 0.3 is 6.18 Å². The summed E-state index contributed by atoms with van der Waals surface area (Å²) in [4.78, 5) is 11.8. The fourth-order valence-corrected chi connectivity index (χ4v) is 5.12. The Hall–Kier alpha value is -2.53. The molecule has 11 heteroatoms. The van der Waals surface area contributed by atoms with Gasteiger partial charge in [-0.25, -0.2) is 17.2 Å². The van der Waals surface area contributed by atoms with Crippen LogP contribution in [0.5, 0.6) is 0 Å². The number of halogens is 5. The smallest absolute Gasteiger partial charge is 0.349 e. The van der Waals surface area contributed by atoms with Gasteiger partial charge in [0, 0.05) is 19.0 Å². The number of hydrogen-bond acceptors (Lipinski definition) is 3. The van der Waals surface area contributed by atoms with Crippen molar-refractivity contribution in [3.8, 4) is 0 Å². The second-order valence-corrected chi connectivity index (χ2v) is 9.51. The Morgan fingerprint density at radius 1 is 1.09 bits per heavy atom. The van der Waals surface area contributed by atoms with Crippen molar-refractivity contribution >= 4 is 15.9 Å². The highest BCUT2D eigenvalue weighted by atomic mass is 32.2. The van der Waals surface area contributed by atoms with E-state index >= 15 is 0 Å². The van der Waals surface area contributed by atoms with E-state index in [1.165, 1.54) is 12.1 Å². The molecule has 0 radical (unpaired) electrons. The van der Waals surface area contributed by atoms with Crippen molar-refractivity contribution in [3.63, 3.8) is 0 Å². The van der Waals surface area contributed by atoms with Crippen molar-refractivity contribution in [2.24, 2.45) is 5.92 Å². The number of carbonyl (C=O) groups excluding carboxylic acids is 1. The Morgan fingerprint density at radius 3 is 2.38 bits per heavy atom. The van der Waals surface area contributed by atoms with Crippen molar-refractivity contribution in [1.82, 2.24) is 9.62 Å². The largest absolute Gasteiger partial charge is 0.416 e. The minimum atomic E-state index is -4.50. The van der Waals surface area contributed by atoms with E-state index < -0.39 is 56.2 Å². The van der Waals surface area contributed by atoms with E-state index in [0.29, 0.717) is 6.07 Å². The van der Waals surface area contributed by atoms with E-state index in [2.05, 4.69) is 5.32 Å². The van der Waals surface area contributed by atoms with Crippen LogP contribution in [0.25, 0.3) is 0 Å². The van der Waals surface area contributed by atoms with E-state index in [0.717, 1.165) is 28.6 Å². The molecule has 0 saturated carbocycles. The van der Waals surface area contributed by atoms with Crippen LogP contribution in [0.2, 0.25) is 0 Å². The van der Waals surface area contributed by atoms with Crippen LogP contribution >= 0.6 is 0 Å². The highest BCUT2D eigenvalue weighted by molar-refractivity contribution is 7.89. The van der Waals surface area contributed by atoms with Crippen LogP contribution in [0.4, 0.5) is 22.0 Å². The number of rotatable bonds is 5. The molecule has 1 atom stereocenters. The number of nitrogens with one attached hydrogen (secondary N) is 1. The number of sulfonamides is 1. The van der Waals surface area contributed by atoms with Gasteiger partial charge in [0.05, 0.1) is 11.6 Å². The molecule has 174 valence electrons. The first-order valence-electron chi connectivity index (χ1n) is 9.82. The molecule has 1 unspecified atom stereocenters. The summed E-state index contributed by atoms with van der Waals surface area (Å²) in [5, 5.41) is 2.66. The maximum Gasteiger partial charge on any atom is 0.416 e. The zero-order valence-corrected chi connectivity index (χ0v) is 17.8. The zero-order chi connectivity index (χ0) is 23.7. The molecule has 0 aliphatic carbocycles. The summed E-state index contributed by atoms with van der Waals surface area (Å²) in [6.45, 7) is 1.41. The van der Waals surface area contributed by atoms with E-state index in [1.807, 2.05) is 0 Å². The van der Waals surface area contributed by atoms with Crippen LogP contribution in [0.15, 0.2) is 47.4 Å². The molecule has 0 bridgehead atoms. The molecule has 2 aromatic rings. The summed E-state index contributed by atoms with van der Waals surface area (Å²) in [5.41, 5.74) is -0.533. The number of carbonyl (C=O) groups is 1. The highest BCUT2D eigenvalue weighted by Gasteiger charge is 2.34. The van der Waals surface area contributed by atoms with Gasteiger partial charge in [-0.1, -0.05) is 12.1 Å². The first kappa shape index (κ1) is 24.1. The van der Waals surface area contributed by atoms with Gasteiger partial charge in [0.1, 0.15) is 16.5 Å². The summed E-state index contributed by atoms with van der Waals surface area (Å²) in [7, 11) is -4.27. The van der Waals surface area contributed by atoms with Crippen molar-refractivity contribution in [2.45, 2.75) is 36.9 Å². The Morgan fingerprint density at radius 2 is 1.75 bits per heavy atom. The van der Waals surface area contributed by atoms with Crippen LogP contribution < -0.4 is 5.32 Å². The van der Waals surface area contributed by atoms with Crippen molar-refractivity contribution in [3.05, 3.63) is 65.2 Å². The average molecular weight is 476 g/mol. The lowest BCUT2D eigenvalue weighted by Crippen LogP contribution is -2.43. The third kappa shape index (κ3) is 5.26. The molecule has 1 aliphatic heterocycles. The van der Waals surface area contributed by atoms with Crippen LogP contribution in [-0.4, -0.2) is 31.7 Å². The van der Waals surface area contributed by atoms with E-state index in [9.17, 15) is 35.2 Å². The third-order valence-electron chi connectivity index (χ3n) is 5.41. The molecule has 1 N–H and O–H groups in total. The molecule has 3 rings (SSSR count). The molecule has 32 heavy (non-hydrogen) atoms. The van der Waals surface area contributed by atoms with Gasteiger partial charge in [-0.05, 0) is 55.7 Å². The SMILES string of the molecule is CC(NC(=O)C1CCN(S(=O)(=O)c2cc(F)ccc2F)CC1)c1cccc(C(F)(F)F)c1. The summed E-state index contributed by atoms with van der Waals surface area (Å²) in [6, 6.07) is 6.11. The number of amides is 1. The number of nitrogens with zero attached hydrogens (tertiary/aromatic N) is 1. The van der Waals surface area contributed by atoms with E-state index in [4.69, 9.17) is 0 Å². The van der Waals surface area contributed by atoms with Gasteiger partial charge < -0.3 is 5.32 Å². The van der Waals surface area contributed by atoms with Crippen molar-refractivity contribution in [2.75, 3.05) is 13.1 Å². The van der Waals surface area contributed by atoms with E-state index in [-0.39, 0.29) is 31.5 Å². The topological polar surface area (TPSA) is 66.5 Å². The van der Waals surface area contributed by atoms with Crippen molar-refractivity contribution in [1.29, 1.82) is 0 Å². The van der Waals surface area contributed by atoms with Gasteiger partial charge in [0.2, 0.25) is 15.9 Å². The molecular formula is C21H21F5N2O3S. The Bertz CT molecular complexity index is 1100. The van der Waals surface area contributed by atoms with Gasteiger partial charge in [0.15, 0.2) is 0 Å². The number of hydrogen-bond donors (Lipinski definition) is 1. The predicted octanol–water partition coefficient (Wildman–Crippen LogP) is 4.26. The third-order valence-corrected chi connectivity index (χ3v) is 7.32. The molecule has 5 nitrogen and oxygen atoms in total. The van der Waals surface area contributed by atoms with Crippen LogP contribution in [0.3, 0.4) is 0 Å². The Labute approximate surface area is 182 Å². The predicted molar refractivity (Wildman–Crippen MR) is 106 cm³/mol. The number of benzene rings is 2. The molecule has 0 spiro atoms. The Balaban J connectivity index is 1.63. The minimum absolute atomic E-state index is 0.0751. The maximum absolute atomic E-state index is 13.9. The second kappa shape index (κ2) is 9.14. The minimum Gasteiger partial charge on any atom is -0.349 e. The molecule has 1 amide bonds. The van der Waals surface area contributed by atoms with Gasteiger partial charge in [-0.15, -0.1) is 0 Å². The molecular weight excluding hydrogens is 455 g/mol. The summed E-state index contributed by atoms with van der Waals surface area (Å²) in [5.74, 6) is -2.93. The normalized spacial score (nSPS) is 17.2. The van der Waals surface area contributed by atoms with Gasteiger partial charge in [0.25, 0.3) is 0 Å². The standard InChI is InChI=1S/C21H21F5N2O3S/c1-13(15-3-2-4-16(11-15)21(24,25)26)27-20(29)14-7-9-28(10-8-14)32(30,31)19-12-17(22)5-6-18(19)23/h2-6,11-14H,7-10H2,1H3,(H,27,29). The number of alkyl halides is 3. The lowest BCUT2D eigenvalue weighted by Gasteiger charge is -2.31. The molecule has 2 aromatic carbocycles. The summed E-state index contributed by atoms with van der Waals surface area (Å²) >= 11 is 0. The lowest BCUT2D eigenvalue weighted by atomic mass is 9.96. The molecule has 1 heterocycles.